The van der Waals surface area contributed by atoms with Gasteiger partial charge >= 0.3 is 5.97 Å². The number of rotatable bonds is 6. The van der Waals surface area contributed by atoms with Crippen LogP contribution in [0.15, 0.2) is 54.7 Å². The lowest BCUT2D eigenvalue weighted by Crippen LogP contribution is -2.32. The normalized spacial score (nSPS) is 18.0. The number of carbonyl (C=O) groups is 1. The molecule has 2 aromatic heterocycles. The minimum absolute atomic E-state index is 0.0903. The number of thiocarbonyl (C=S) groups is 1. The van der Waals surface area contributed by atoms with E-state index in [1.165, 1.54) is 12.7 Å². The maximum absolute atomic E-state index is 11.9. The largest absolute Gasteiger partial charge is 0.469 e. The average molecular weight is 449 g/mol. The lowest BCUT2D eigenvalue weighted by atomic mass is 9.96. The number of hydrogen-bond donors (Lipinski definition) is 1. The van der Waals surface area contributed by atoms with E-state index in [-0.39, 0.29) is 24.5 Å². The summed E-state index contributed by atoms with van der Waals surface area (Å²) in [4.78, 5) is 18.6. The summed E-state index contributed by atoms with van der Waals surface area (Å²) in [5, 5.41) is 4.07. The predicted molar refractivity (Wildman–Crippen MR) is 129 cm³/mol. The third-order valence-corrected chi connectivity index (χ3v) is 6.42. The van der Waals surface area contributed by atoms with Gasteiger partial charge in [-0.3, -0.25) is 9.78 Å². The molecule has 1 aromatic carbocycles. The Morgan fingerprint density at radius 1 is 1.16 bits per heavy atom. The molecule has 1 aliphatic heterocycles. The zero-order chi connectivity index (χ0) is 22.8. The number of aromatic nitrogens is 2. The number of ether oxygens (including phenoxy) is 1. The van der Waals surface area contributed by atoms with Gasteiger partial charge in [0.25, 0.3) is 0 Å². The molecule has 2 atom stereocenters. The van der Waals surface area contributed by atoms with Gasteiger partial charge in [-0.1, -0.05) is 23.8 Å². The number of nitrogens with one attached hydrogen (secondary N) is 1. The maximum Gasteiger partial charge on any atom is 0.307 e. The number of carbonyl (C=O) groups excluding carboxylic acids is 1. The highest BCUT2D eigenvalue weighted by molar-refractivity contribution is 7.80. The van der Waals surface area contributed by atoms with Crippen molar-refractivity contribution in [3.05, 3.63) is 82.9 Å². The Balaban J connectivity index is 1.78. The Hall–Kier alpha value is -3.19. The highest BCUT2D eigenvalue weighted by Gasteiger charge is 2.41. The number of benzene rings is 1. The zero-order valence-corrected chi connectivity index (χ0v) is 19.6. The summed E-state index contributed by atoms with van der Waals surface area (Å²) in [5.41, 5.74) is 6.72. The van der Waals surface area contributed by atoms with Crippen molar-refractivity contribution in [1.29, 1.82) is 0 Å². The van der Waals surface area contributed by atoms with Crippen LogP contribution in [0.25, 0.3) is 5.69 Å². The van der Waals surface area contributed by atoms with Gasteiger partial charge < -0.3 is 19.5 Å². The molecule has 4 rings (SSSR count). The first-order valence-corrected chi connectivity index (χ1v) is 11.1. The fraction of sp³-hybridized carbons (Fsp3) is 0.320. The van der Waals surface area contributed by atoms with Gasteiger partial charge in [0.2, 0.25) is 0 Å². The van der Waals surface area contributed by atoms with Gasteiger partial charge in [0.05, 0.1) is 31.3 Å². The number of esters is 1. The molecule has 166 valence electrons. The van der Waals surface area contributed by atoms with E-state index in [4.69, 9.17) is 17.0 Å². The lowest BCUT2D eigenvalue weighted by Gasteiger charge is -2.28. The second kappa shape index (κ2) is 9.12. The second-order valence-electron chi connectivity index (χ2n) is 8.14. The SMILES string of the molecule is COC(=O)CCN1C(=S)NC(c2ccccn2)C1c1cc(C)n(-c2ccc(C)cc2)c1C. The quantitative estimate of drug-likeness (QED) is 0.447. The minimum atomic E-state index is -0.252. The fourth-order valence-corrected chi connectivity index (χ4v) is 4.81. The first-order valence-electron chi connectivity index (χ1n) is 10.7. The summed E-state index contributed by atoms with van der Waals surface area (Å²) in [7, 11) is 1.41. The molecule has 1 saturated heterocycles. The van der Waals surface area contributed by atoms with Crippen molar-refractivity contribution in [3.63, 3.8) is 0 Å². The highest BCUT2D eigenvalue weighted by atomic mass is 32.1. The molecule has 3 heterocycles. The van der Waals surface area contributed by atoms with Gasteiger partial charge in [0.15, 0.2) is 5.11 Å². The Morgan fingerprint density at radius 3 is 2.56 bits per heavy atom. The maximum atomic E-state index is 11.9. The number of nitrogens with zero attached hydrogens (tertiary/aromatic N) is 3. The molecule has 0 amide bonds. The molecule has 2 unspecified atom stereocenters. The van der Waals surface area contributed by atoms with Crippen LogP contribution in [-0.4, -0.2) is 39.2 Å². The number of aryl methyl sites for hydroxylation is 2. The van der Waals surface area contributed by atoms with Crippen molar-refractivity contribution in [3.8, 4) is 5.69 Å². The third kappa shape index (κ3) is 4.12. The molecular weight excluding hydrogens is 420 g/mol. The van der Waals surface area contributed by atoms with E-state index in [0.29, 0.717) is 11.7 Å². The fourth-order valence-electron chi connectivity index (χ4n) is 4.48. The first kappa shape index (κ1) is 22.0. The third-order valence-electron chi connectivity index (χ3n) is 6.06. The van der Waals surface area contributed by atoms with E-state index in [0.717, 1.165) is 28.3 Å². The molecule has 0 aliphatic carbocycles. The molecule has 32 heavy (non-hydrogen) atoms. The first-order chi connectivity index (χ1) is 15.4. The number of methoxy groups -OCH3 is 1. The van der Waals surface area contributed by atoms with Crippen LogP contribution in [-0.2, 0) is 9.53 Å². The van der Waals surface area contributed by atoms with Crippen LogP contribution in [0, 0.1) is 20.8 Å². The van der Waals surface area contributed by atoms with E-state index >= 15 is 0 Å². The number of hydrogen-bond acceptors (Lipinski definition) is 4. The standard InChI is InChI=1S/C25H28N4O2S/c1-16-8-10-19(11-9-16)29-17(2)15-20(18(29)3)24-23(21-7-5-6-13-26-21)27-25(32)28(24)14-12-22(30)31-4/h5-11,13,15,23-24H,12,14H2,1-4H3,(H,27,32). The summed E-state index contributed by atoms with van der Waals surface area (Å²) >= 11 is 5.70. The van der Waals surface area contributed by atoms with Crippen LogP contribution < -0.4 is 5.32 Å². The van der Waals surface area contributed by atoms with E-state index in [1.807, 2.05) is 18.2 Å². The van der Waals surface area contributed by atoms with Crippen LogP contribution in [0.2, 0.25) is 0 Å². The smallest absolute Gasteiger partial charge is 0.307 e. The zero-order valence-electron chi connectivity index (χ0n) is 18.8. The van der Waals surface area contributed by atoms with Crippen LogP contribution in [0.3, 0.4) is 0 Å². The minimum Gasteiger partial charge on any atom is -0.469 e. The lowest BCUT2D eigenvalue weighted by molar-refractivity contribution is -0.140. The molecule has 0 bridgehead atoms. The average Bonchev–Trinajstić information content (AvgIpc) is 3.28. The van der Waals surface area contributed by atoms with Crippen LogP contribution in [0.4, 0.5) is 0 Å². The molecule has 6 nitrogen and oxygen atoms in total. The summed E-state index contributed by atoms with van der Waals surface area (Å²) < 4.78 is 7.13. The van der Waals surface area contributed by atoms with Crippen LogP contribution in [0.5, 0.6) is 0 Å². The molecule has 1 N–H and O–H groups in total. The van der Waals surface area contributed by atoms with Gasteiger partial charge in [-0.2, -0.15) is 0 Å². The summed E-state index contributed by atoms with van der Waals surface area (Å²) in [6, 6.07) is 16.4. The van der Waals surface area contributed by atoms with Crippen molar-refractivity contribution in [1.82, 2.24) is 19.8 Å². The molecule has 0 spiro atoms. The Labute approximate surface area is 194 Å². The van der Waals surface area contributed by atoms with Crippen molar-refractivity contribution < 1.29 is 9.53 Å². The molecule has 7 heteroatoms. The van der Waals surface area contributed by atoms with Gasteiger partial charge in [-0.05, 0) is 68.9 Å². The molecule has 3 aromatic rings. The molecule has 0 radical (unpaired) electrons. The topological polar surface area (TPSA) is 59.4 Å². The van der Waals surface area contributed by atoms with E-state index in [9.17, 15) is 4.79 Å². The van der Waals surface area contributed by atoms with Crippen molar-refractivity contribution in [2.75, 3.05) is 13.7 Å². The van der Waals surface area contributed by atoms with Crippen LogP contribution in [0.1, 0.15) is 46.7 Å². The van der Waals surface area contributed by atoms with Gasteiger partial charge in [0.1, 0.15) is 0 Å². The van der Waals surface area contributed by atoms with E-state index < -0.39 is 0 Å². The number of pyridine rings is 1. The Morgan fingerprint density at radius 2 is 1.91 bits per heavy atom. The van der Waals surface area contributed by atoms with Crippen molar-refractivity contribution in [2.45, 2.75) is 39.3 Å². The predicted octanol–water partition coefficient (Wildman–Crippen LogP) is 4.33. The van der Waals surface area contributed by atoms with Crippen molar-refractivity contribution in [2.24, 2.45) is 0 Å². The van der Waals surface area contributed by atoms with Gasteiger partial charge in [-0.15, -0.1) is 0 Å². The summed E-state index contributed by atoms with van der Waals surface area (Å²) in [5.74, 6) is -0.252. The highest BCUT2D eigenvalue weighted by Crippen LogP contribution is 2.41. The van der Waals surface area contributed by atoms with E-state index in [1.54, 1.807) is 6.20 Å². The van der Waals surface area contributed by atoms with Gasteiger partial charge in [-0.25, -0.2) is 0 Å². The van der Waals surface area contributed by atoms with E-state index in [2.05, 4.69) is 70.9 Å². The second-order valence-corrected chi connectivity index (χ2v) is 8.53. The molecule has 1 fully saturated rings. The van der Waals surface area contributed by atoms with Crippen LogP contribution >= 0.6 is 12.2 Å². The molecule has 1 aliphatic rings. The van der Waals surface area contributed by atoms with Gasteiger partial charge in [0, 0.05) is 29.8 Å². The summed E-state index contributed by atoms with van der Waals surface area (Å²) in [6.45, 7) is 6.82. The van der Waals surface area contributed by atoms with Crippen molar-refractivity contribution >= 4 is 23.3 Å². The summed E-state index contributed by atoms with van der Waals surface area (Å²) in [6.07, 6.45) is 2.06. The Bertz CT molecular complexity index is 1120. The monoisotopic (exact) mass is 448 g/mol. The molecular formula is C25H28N4O2S. The Kier molecular flexibility index (Phi) is 6.28. The molecule has 0 saturated carbocycles.